The van der Waals surface area contributed by atoms with E-state index >= 15 is 0 Å². The van der Waals surface area contributed by atoms with Crippen molar-refractivity contribution in [3.63, 3.8) is 0 Å². The van der Waals surface area contributed by atoms with Crippen LogP contribution in [0.2, 0.25) is 0 Å². The van der Waals surface area contributed by atoms with Crippen LogP contribution in [0.25, 0.3) is 0 Å². The number of aliphatic hydroxyl groups is 1. The molecule has 16 heavy (non-hydrogen) atoms. The molecule has 0 aromatic heterocycles. The first-order valence-corrected chi connectivity index (χ1v) is 5.01. The van der Waals surface area contributed by atoms with Gasteiger partial charge in [-0.1, -0.05) is 16.8 Å². The number of hydrogen-bond acceptors (Lipinski definition) is 4. The summed E-state index contributed by atoms with van der Waals surface area (Å²) in [5.41, 5.74) is 7.09. The van der Waals surface area contributed by atoms with E-state index < -0.39 is 0 Å². The first-order chi connectivity index (χ1) is 7.69. The quantitative estimate of drug-likeness (QED) is 0.227. The molecule has 0 aliphatic carbocycles. The van der Waals surface area contributed by atoms with E-state index in [0.717, 1.165) is 5.56 Å². The lowest BCUT2D eigenvalue weighted by Crippen LogP contribution is -2.15. The molecule has 0 aliphatic rings. The van der Waals surface area contributed by atoms with Crippen molar-refractivity contribution < 1.29 is 15.1 Å². The molecule has 5 heteroatoms. The molecule has 0 saturated carbocycles. The van der Waals surface area contributed by atoms with Gasteiger partial charge in [0.05, 0.1) is 12.2 Å². The van der Waals surface area contributed by atoms with Crippen molar-refractivity contribution in [1.82, 2.24) is 0 Å². The second-order valence-electron chi connectivity index (χ2n) is 3.41. The van der Waals surface area contributed by atoms with Crippen molar-refractivity contribution in [3.8, 4) is 5.75 Å². The summed E-state index contributed by atoms with van der Waals surface area (Å²) in [6, 6.07) is 5.42. The Bertz CT molecular complexity index is 377. The zero-order valence-corrected chi connectivity index (χ0v) is 9.18. The van der Waals surface area contributed by atoms with Crippen molar-refractivity contribution >= 4 is 5.84 Å². The highest BCUT2D eigenvalue weighted by Gasteiger charge is 2.08. The molecule has 0 amide bonds. The van der Waals surface area contributed by atoms with Gasteiger partial charge in [-0.15, -0.1) is 0 Å². The van der Waals surface area contributed by atoms with E-state index in [9.17, 15) is 0 Å². The van der Waals surface area contributed by atoms with Crippen molar-refractivity contribution in [2.45, 2.75) is 13.3 Å². The van der Waals surface area contributed by atoms with Gasteiger partial charge >= 0.3 is 0 Å². The van der Waals surface area contributed by atoms with Crippen LogP contribution in [0.5, 0.6) is 5.75 Å². The number of ether oxygens (including phenoxy) is 1. The van der Waals surface area contributed by atoms with Gasteiger partial charge in [-0.2, -0.15) is 0 Å². The smallest absolute Gasteiger partial charge is 0.173 e. The molecule has 0 aliphatic heterocycles. The molecule has 0 fully saturated rings. The summed E-state index contributed by atoms with van der Waals surface area (Å²) in [6.07, 6.45) is 0.545. The summed E-state index contributed by atoms with van der Waals surface area (Å²) in [4.78, 5) is 0. The monoisotopic (exact) mass is 224 g/mol. The molecule has 0 saturated heterocycles. The molecule has 1 aromatic carbocycles. The minimum absolute atomic E-state index is 0.0164. The zero-order chi connectivity index (χ0) is 12.0. The number of nitrogens with zero attached hydrogens (tertiary/aromatic N) is 1. The molecular weight excluding hydrogens is 208 g/mol. The van der Waals surface area contributed by atoms with E-state index in [1.807, 2.05) is 13.0 Å². The Hall–Kier alpha value is -1.75. The second kappa shape index (κ2) is 5.97. The van der Waals surface area contributed by atoms with Gasteiger partial charge in [0, 0.05) is 13.0 Å². The Morgan fingerprint density at radius 1 is 1.50 bits per heavy atom. The Kier molecular flexibility index (Phi) is 4.60. The van der Waals surface area contributed by atoms with Crippen LogP contribution in [0.15, 0.2) is 23.4 Å². The van der Waals surface area contributed by atoms with Crippen LogP contribution < -0.4 is 10.5 Å². The molecule has 0 spiro atoms. The molecule has 0 atom stereocenters. The fraction of sp³-hybridized carbons (Fsp3) is 0.364. The third kappa shape index (κ3) is 3.13. The third-order valence-corrected chi connectivity index (χ3v) is 2.08. The van der Waals surface area contributed by atoms with Crippen molar-refractivity contribution in [2.75, 3.05) is 13.2 Å². The number of oxime groups is 1. The normalized spacial score (nSPS) is 11.5. The average Bonchev–Trinajstić information content (AvgIpc) is 2.30. The van der Waals surface area contributed by atoms with Gasteiger partial charge < -0.3 is 20.8 Å². The lowest BCUT2D eigenvalue weighted by molar-refractivity contribution is 0.233. The minimum Gasteiger partial charge on any atom is -0.493 e. The Balaban J connectivity index is 2.89. The molecule has 88 valence electrons. The van der Waals surface area contributed by atoms with Crippen LogP contribution in [-0.4, -0.2) is 29.4 Å². The SMILES string of the molecule is Cc1ccc(OCCCO)c(/C(N)=N/O)c1. The van der Waals surface area contributed by atoms with Crippen LogP contribution >= 0.6 is 0 Å². The standard InChI is InChI=1S/C11H16N2O3/c1-8-3-4-10(16-6-2-5-14)9(7-8)11(12)13-15/h3-4,7,14-15H,2,5-6H2,1H3,(H2,12,13). The fourth-order valence-electron chi connectivity index (χ4n) is 1.27. The summed E-state index contributed by atoms with van der Waals surface area (Å²) in [7, 11) is 0. The fourth-order valence-corrected chi connectivity index (χ4v) is 1.27. The first kappa shape index (κ1) is 12.3. The van der Waals surface area contributed by atoms with E-state index in [1.165, 1.54) is 0 Å². The maximum absolute atomic E-state index is 8.64. The van der Waals surface area contributed by atoms with Gasteiger partial charge in [-0.25, -0.2) is 0 Å². The van der Waals surface area contributed by atoms with E-state index in [-0.39, 0.29) is 12.4 Å². The van der Waals surface area contributed by atoms with Gasteiger partial charge in [0.15, 0.2) is 5.84 Å². The summed E-state index contributed by atoms with van der Waals surface area (Å²) in [6.45, 7) is 2.38. The van der Waals surface area contributed by atoms with Gasteiger partial charge in [-0.05, 0) is 19.1 Å². The lowest BCUT2D eigenvalue weighted by Gasteiger charge is -2.10. The zero-order valence-electron chi connectivity index (χ0n) is 9.18. The number of aryl methyl sites for hydroxylation is 1. The lowest BCUT2D eigenvalue weighted by atomic mass is 10.1. The number of nitrogens with two attached hydrogens (primary N) is 1. The van der Waals surface area contributed by atoms with E-state index in [0.29, 0.717) is 24.3 Å². The van der Waals surface area contributed by atoms with Crippen LogP contribution in [0.4, 0.5) is 0 Å². The van der Waals surface area contributed by atoms with Crippen molar-refractivity contribution in [3.05, 3.63) is 29.3 Å². The van der Waals surface area contributed by atoms with Crippen molar-refractivity contribution in [2.24, 2.45) is 10.9 Å². The highest BCUT2D eigenvalue weighted by atomic mass is 16.5. The number of hydrogen-bond donors (Lipinski definition) is 3. The molecular formula is C11H16N2O3. The van der Waals surface area contributed by atoms with Gasteiger partial charge in [0.1, 0.15) is 5.75 Å². The second-order valence-corrected chi connectivity index (χ2v) is 3.41. The molecule has 0 radical (unpaired) electrons. The van der Waals surface area contributed by atoms with Gasteiger partial charge in [0.2, 0.25) is 0 Å². The maximum atomic E-state index is 8.64. The summed E-state index contributed by atoms with van der Waals surface area (Å²) in [5.74, 6) is 0.567. The Morgan fingerprint density at radius 3 is 2.88 bits per heavy atom. The number of rotatable bonds is 5. The number of benzene rings is 1. The van der Waals surface area contributed by atoms with E-state index in [4.69, 9.17) is 20.8 Å². The molecule has 1 aromatic rings. The van der Waals surface area contributed by atoms with E-state index in [2.05, 4.69) is 5.16 Å². The highest BCUT2D eigenvalue weighted by Crippen LogP contribution is 2.19. The van der Waals surface area contributed by atoms with Crippen LogP contribution in [0.1, 0.15) is 17.5 Å². The van der Waals surface area contributed by atoms with E-state index in [1.54, 1.807) is 12.1 Å². The molecule has 4 N–H and O–H groups in total. The number of amidine groups is 1. The third-order valence-electron chi connectivity index (χ3n) is 2.08. The first-order valence-electron chi connectivity index (χ1n) is 5.01. The predicted molar refractivity (Wildman–Crippen MR) is 60.9 cm³/mol. The van der Waals surface area contributed by atoms with Gasteiger partial charge in [0.25, 0.3) is 0 Å². The highest BCUT2D eigenvalue weighted by molar-refractivity contribution is 5.99. The molecule has 0 heterocycles. The Labute approximate surface area is 94.1 Å². The maximum Gasteiger partial charge on any atom is 0.173 e. The summed E-state index contributed by atoms with van der Waals surface area (Å²) in [5, 5.41) is 20.2. The van der Waals surface area contributed by atoms with Crippen LogP contribution in [-0.2, 0) is 0 Å². The van der Waals surface area contributed by atoms with Crippen LogP contribution in [0, 0.1) is 6.92 Å². The number of aliphatic hydroxyl groups excluding tert-OH is 1. The summed E-state index contributed by atoms with van der Waals surface area (Å²) < 4.78 is 5.42. The Morgan fingerprint density at radius 2 is 2.25 bits per heavy atom. The van der Waals surface area contributed by atoms with Crippen molar-refractivity contribution in [1.29, 1.82) is 0 Å². The molecule has 0 unspecified atom stereocenters. The minimum atomic E-state index is 0.0164. The summed E-state index contributed by atoms with van der Waals surface area (Å²) >= 11 is 0. The molecule has 5 nitrogen and oxygen atoms in total. The average molecular weight is 224 g/mol. The molecule has 1 rings (SSSR count). The van der Waals surface area contributed by atoms with Crippen LogP contribution in [0.3, 0.4) is 0 Å². The molecule has 0 bridgehead atoms. The predicted octanol–water partition coefficient (Wildman–Crippen LogP) is 0.851. The topological polar surface area (TPSA) is 88.1 Å². The largest absolute Gasteiger partial charge is 0.493 e. The van der Waals surface area contributed by atoms with Gasteiger partial charge in [-0.3, -0.25) is 0 Å².